The molecule has 0 aromatic carbocycles. The Kier molecular flexibility index (Phi) is 3.40. The quantitative estimate of drug-likeness (QED) is 0.804. The van der Waals surface area contributed by atoms with Gasteiger partial charge in [-0.05, 0) is 24.1 Å². The molecule has 0 aliphatic rings. The van der Waals surface area contributed by atoms with Crippen LogP contribution in [0, 0.1) is 0 Å². The van der Waals surface area contributed by atoms with Crippen molar-refractivity contribution in [2.45, 2.75) is 11.6 Å². The average molecular weight is 235 g/mol. The lowest BCUT2D eigenvalue weighted by Crippen LogP contribution is -1.98. The van der Waals surface area contributed by atoms with E-state index in [1.54, 1.807) is 28.7 Å². The smallest absolute Gasteiger partial charge is 0.222 e. The normalized spacial score (nSPS) is 10.6. The van der Waals surface area contributed by atoms with Crippen LogP contribution in [0.4, 0.5) is 5.95 Å². The summed E-state index contributed by atoms with van der Waals surface area (Å²) in [6.45, 7) is 0. The Morgan fingerprint density at radius 3 is 2.69 bits per heavy atom. The van der Waals surface area contributed by atoms with Gasteiger partial charge in [0.05, 0.1) is 0 Å². The third-order valence-corrected chi connectivity index (χ3v) is 3.26. The zero-order valence-corrected chi connectivity index (χ0v) is 9.81. The first-order valence-corrected chi connectivity index (χ1v) is 5.92. The van der Waals surface area contributed by atoms with Gasteiger partial charge in [0, 0.05) is 25.2 Å². The van der Waals surface area contributed by atoms with Crippen molar-refractivity contribution < 1.29 is 0 Å². The number of hydrogen-bond donors (Lipinski definition) is 1. The number of nitrogens with two attached hydrogens (primary N) is 1. The van der Waals surface area contributed by atoms with Gasteiger partial charge in [0.1, 0.15) is 0 Å². The molecular weight excluding hydrogens is 222 g/mol. The molecule has 16 heavy (non-hydrogen) atoms. The molecule has 0 amide bonds. The molecule has 0 aliphatic carbocycles. The second kappa shape index (κ2) is 4.98. The molecule has 5 nitrogen and oxygen atoms in total. The highest BCUT2D eigenvalue weighted by Gasteiger charge is 2.05. The molecule has 84 valence electrons. The minimum atomic E-state index is 0.450. The van der Waals surface area contributed by atoms with E-state index in [-0.39, 0.29) is 0 Å². The van der Waals surface area contributed by atoms with E-state index in [1.165, 1.54) is 5.56 Å². The number of hydrogen-bond acceptors (Lipinski definition) is 5. The van der Waals surface area contributed by atoms with Crippen molar-refractivity contribution in [1.82, 2.24) is 19.7 Å². The summed E-state index contributed by atoms with van der Waals surface area (Å²) >= 11 is 1.65. The number of thioether (sulfide) groups is 1. The van der Waals surface area contributed by atoms with Gasteiger partial charge >= 0.3 is 0 Å². The molecule has 0 bridgehead atoms. The molecule has 2 rings (SSSR count). The van der Waals surface area contributed by atoms with Crippen LogP contribution in [0.25, 0.3) is 0 Å². The topological polar surface area (TPSA) is 69.6 Å². The summed E-state index contributed by atoms with van der Waals surface area (Å²) in [6.07, 6.45) is 4.60. The lowest BCUT2D eigenvalue weighted by Gasteiger charge is -2.01. The van der Waals surface area contributed by atoms with Crippen LogP contribution in [0.5, 0.6) is 0 Å². The molecule has 0 spiro atoms. The predicted octanol–water partition coefficient (Wildman–Crippen LogP) is 1.13. The second-order valence-corrected chi connectivity index (χ2v) is 4.42. The maximum absolute atomic E-state index is 5.59. The van der Waals surface area contributed by atoms with Crippen molar-refractivity contribution in [3.8, 4) is 0 Å². The number of nitrogens with zero attached hydrogens (tertiary/aromatic N) is 4. The zero-order valence-electron chi connectivity index (χ0n) is 9.00. The van der Waals surface area contributed by atoms with Crippen LogP contribution in [-0.4, -0.2) is 25.5 Å². The maximum Gasteiger partial charge on any atom is 0.222 e. The highest BCUT2D eigenvalue weighted by Crippen LogP contribution is 2.17. The SMILES string of the molecule is Cn1c(N)nnc1SCCc1ccncc1. The van der Waals surface area contributed by atoms with Crippen molar-refractivity contribution in [1.29, 1.82) is 0 Å². The Hall–Kier alpha value is -1.56. The van der Waals surface area contributed by atoms with E-state index in [4.69, 9.17) is 5.73 Å². The highest BCUT2D eigenvalue weighted by atomic mass is 32.2. The molecule has 0 radical (unpaired) electrons. The zero-order chi connectivity index (χ0) is 11.4. The van der Waals surface area contributed by atoms with Gasteiger partial charge in [0.15, 0.2) is 5.16 Å². The Balaban J connectivity index is 1.87. The number of aryl methyl sites for hydroxylation is 1. The van der Waals surface area contributed by atoms with Gasteiger partial charge in [-0.15, -0.1) is 10.2 Å². The lowest BCUT2D eigenvalue weighted by molar-refractivity contribution is 0.795. The number of anilines is 1. The number of pyridine rings is 1. The molecule has 2 aromatic heterocycles. The van der Waals surface area contributed by atoms with E-state index in [2.05, 4.69) is 15.2 Å². The van der Waals surface area contributed by atoms with Crippen LogP contribution in [0.2, 0.25) is 0 Å². The lowest BCUT2D eigenvalue weighted by atomic mass is 10.2. The molecule has 0 saturated carbocycles. The first-order valence-electron chi connectivity index (χ1n) is 4.94. The van der Waals surface area contributed by atoms with Gasteiger partial charge in [0.25, 0.3) is 0 Å². The maximum atomic E-state index is 5.59. The monoisotopic (exact) mass is 235 g/mol. The predicted molar refractivity (Wildman–Crippen MR) is 64.1 cm³/mol. The third kappa shape index (κ3) is 2.52. The largest absolute Gasteiger partial charge is 0.368 e. The van der Waals surface area contributed by atoms with Gasteiger partial charge in [-0.2, -0.15) is 0 Å². The second-order valence-electron chi connectivity index (χ2n) is 3.35. The van der Waals surface area contributed by atoms with Gasteiger partial charge < -0.3 is 5.73 Å². The average Bonchev–Trinajstić information content (AvgIpc) is 2.62. The van der Waals surface area contributed by atoms with E-state index in [0.29, 0.717) is 5.95 Å². The first-order chi connectivity index (χ1) is 7.77. The molecular formula is C10H13N5S. The molecule has 0 saturated heterocycles. The minimum Gasteiger partial charge on any atom is -0.368 e. The Morgan fingerprint density at radius 2 is 2.06 bits per heavy atom. The fourth-order valence-electron chi connectivity index (χ4n) is 1.26. The van der Waals surface area contributed by atoms with E-state index in [0.717, 1.165) is 17.3 Å². The summed E-state index contributed by atoms with van der Waals surface area (Å²) in [5.74, 6) is 1.40. The van der Waals surface area contributed by atoms with E-state index in [1.807, 2.05) is 19.2 Å². The van der Waals surface area contributed by atoms with Crippen LogP contribution in [-0.2, 0) is 13.5 Å². The van der Waals surface area contributed by atoms with E-state index >= 15 is 0 Å². The third-order valence-electron chi connectivity index (χ3n) is 2.24. The van der Waals surface area contributed by atoms with Gasteiger partial charge in [0.2, 0.25) is 5.95 Å². The minimum absolute atomic E-state index is 0.450. The van der Waals surface area contributed by atoms with Crippen molar-refractivity contribution in [2.75, 3.05) is 11.5 Å². The molecule has 0 unspecified atom stereocenters. The van der Waals surface area contributed by atoms with Gasteiger partial charge in [-0.3, -0.25) is 9.55 Å². The Labute approximate surface area is 98.1 Å². The Morgan fingerprint density at radius 1 is 1.31 bits per heavy atom. The number of rotatable bonds is 4. The molecule has 0 aliphatic heterocycles. The summed E-state index contributed by atoms with van der Waals surface area (Å²) in [7, 11) is 1.87. The van der Waals surface area contributed by atoms with Crippen molar-refractivity contribution >= 4 is 17.7 Å². The first kappa shape index (κ1) is 10.9. The standard InChI is InChI=1S/C10H13N5S/c1-15-9(11)13-14-10(15)16-7-4-8-2-5-12-6-3-8/h2-3,5-6H,4,7H2,1H3,(H2,11,13). The summed E-state index contributed by atoms with van der Waals surface area (Å²) in [4.78, 5) is 3.98. The molecule has 6 heteroatoms. The van der Waals surface area contributed by atoms with Gasteiger partial charge in [-0.1, -0.05) is 11.8 Å². The Bertz CT molecular complexity index is 453. The summed E-state index contributed by atoms with van der Waals surface area (Å²) in [6, 6.07) is 4.04. The van der Waals surface area contributed by atoms with Crippen LogP contribution in [0.1, 0.15) is 5.56 Å². The van der Waals surface area contributed by atoms with Crippen molar-refractivity contribution in [3.63, 3.8) is 0 Å². The molecule has 2 N–H and O–H groups in total. The number of nitrogen functional groups attached to an aromatic ring is 1. The van der Waals surface area contributed by atoms with Crippen LogP contribution in [0.3, 0.4) is 0 Å². The van der Waals surface area contributed by atoms with Crippen LogP contribution >= 0.6 is 11.8 Å². The van der Waals surface area contributed by atoms with Crippen molar-refractivity contribution in [3.05, 3.63) is 30.1 Å². The molecule has 0 fully saturated rings. The fraction of sp³-hybridized carbons (Fsp3) is 0.300. The summed E-state index contributed by atoms with van der Waals surface area (Å²) in [5.41, 5.74) is 6.87. The fourth-order valence-corrected chi connectivity index (χ4v) is 2.17. The van der Waals surface area contributed by atoms with Gasteiger partial charge in [-0.25, -0.2) is 0 Å². The number of aromatic nitrogens is 4. The highest BCUT2D eigenvalue weighted by molar-refractivity contribution is 7.99. The van der Waals surface area contributed by atoms with Crippen LogP contribution < -0.4 is 5.73 Å². The van der Waals surface area contributed by atoms with E-state index in [9.17, 15) is 0 Å². The summed E-state index contributed by atoms with van der Waals surface area (Å²) in [5, 5.41) is 8.64. The van der Waals surface area contributed by atoms with E-state index < -0.39 is 0 Å². The van der Waals surface area contributed by atoms with Crippen molar-refractivity contribution in [2.24, 2.45) is 7.05 Å². The molecule has 0 atom stereocenters. The molecule has 2 heterocycles. The van der Waals surface area contributed by atoms with Crippen LogP contribution in [0.15, 0.2) is 29.7 Å². The molecule has 2 aromatic rings. The summed E-state index contributed by atoms with van der Waals surface area (Å²) < 4.78 is 1.79.